The van der Waals surface area contributed by atoms with E-state index in [0.717, 1.165) is 11.3 Å². The van der Waals surface area contributed by atoms with Crippen LogP contribution in [0.15, 0.2) is 48.5 Å². The van der Waals surface area contributed by atoms with Gasteiger partial charge in [-0.05, 0) is 35.9 Å². The van der Waals surface area contributed by atoms with Gasteiger partial charge in [-0.25, -0.2) is 0 Å². The molecule has 0 aliphatic rings. The second-order valence-electron chi connectivity index (χ2n) is 4.36. The standard InChI is InChI=1S/C15H15N3O2/c16-14(19)11-4-1-3-10(7-11)9-18-13-6-2-5-12(8-13)15(17)20/h1-8,18H,9H2,(H2,16,19)(H2,17,20). The lowest BCUT2D eigenvalue weighted by atomic mass is 10.1. The number of rotatable bonds is 5. The summed E-state index contributed by atoms with van der Waals surface area (Å²) in [6.07, 6.45) is 0. The van der Waals surface area contributed by atoms with Crippen molar-refractivity contribution < 1.29 is 9.59 Å². The lowest BCUT2D eigenvalue weighted by Crippen LogP contribution is -2.12. The van der Waals surface area contributed by atoms with Gasteiger partial charge in [-0.1, -0.05) is 18.2 Å². The Morgan fingerprint density at radius 3 is 2.15 bits per heavy atom. The fourth-order valence-electron chi connectivity index (χ4n) is 1.82. The number of anilines is 1. The molecule has 0 bridgehead atoms. The van der Waals surface area contributed by atoms with E-state index in [0.29, 0.717) is 17.7 Å². The van der Waals surface area contributed by atoms with Gasteiger partial charge in [-0.3, -0.25) is 9.59 Å². The summed E-state index contributed by atoms with van der Waals surface area (Å²) in [6.45, 7) is 0.517. The molecule has 0 aliphatic carbocycles. The van der Waals surface area contributed by atoms with Gasteiger partial charge in [-0.2, -0.15) is 0 Å². The minimum absolute atomic E-state index is 0.445. The van der Waals surface area contributed by atoms with Crippen LogP contribution < -0.4 is 16.8 Å². The van der Waals surface area contributed by atoms with Crippen molar-refractivity contribution >= 4 is 17.5 Å². The third-order valence-electron chi connectivity index (χ3n) is 2.86. The first-order chi connectivity index (χ1) is 9.56. The number of benzene rings is 2. The van der Waals surface area contributed by atoms with E-state index in [1.54, 1.807) is 36.4 Å². The first-order valence-electron chi connectivity index (χ1n) is 6.09. The van der Waals surface area contributed by atoms with Gasteiger partial charge in [0.2, 0.25) is 11.8 Å². The largest absolute Gasteiger partial charge is 0.381 e. The molecule has 102 valence electrons. The van der Waals surface area contributed by atoms with Crippen LogP contribution in [0.3, 0.4) is 0 Å². The minimum atomic E-state index is -0.468. The molecule has 2 aromatic carbocycles. The van der Waals surface area contributed by atoms with E-state index < -0.39 is 11.8 Å². The fraction of sp³-hybridized carbons (Fsp3) is 0.0667. The van der Waals surface area contributed by atoms with E-state index in [-0.39, 0.29) is 0 Å². The van der Waals surface area contributed by atoms with Crippen molar-refractivity contribution in [3.05, 3.63) is 65.2 Å². The maximum atomic E-state index is 11.1. The smallest absolute Gasteiger partial charge is 0.248 e. The van der Waals surface area contributed by atoms with Gasteiger partial charge < -0.3 is 16.8 Å². The Morgan fingerprint density at radius 1 is 0.900 bits per heavy atom. The summed E-state index contributed by atoms with van der Waals surface area (Å²) in [6, 6.07) is 14.0. The van der Waals surface area contributed by atoms with E-state index in [2.05, 4.69) is 5.32 Å². The molecular formula is C15H15N3O2. The number of nitrogens with two attached hydrogens (primary N) is 2. The minimum Gasteiger partial charge on any atom is -0.381 e. The molecule has 5 N–H and O–H groups in total. The first-order valence-corrected chi connectivity index (χ1v) is 6.09. The summed E-state index contributed by atoms with van der Waals surface area (Å²) in [5.41, 5.74) is 13.1. The number of hydrogen-bond donors (Lipinski definition) is 3. The monoisotopic (exact) mass is 269 g/mol. The van der Waals surface area contributed by atoms with Crippen molar-refractivity contribution in [1.29, 1.82) is 0 Å². The number of hydrogen-bond acceptors (Lipinski definition) is 3. The van der Waals surface area contributed by atoms with Crippen LogP contribution in [0, 0.1) is 0 Å². The van der Waals surface area contributed by atoms with Gasteiger partial charge in [0.25, 0.3) is 0 Å². The molecule has 0 aromatic heterocycles. The zero-order chi connectivity index (χ0) is 14.5. The molecule has 0 atom stereocenters. The molecule has 0 unspecified atom stereocenters. The number of nitrogens with one attached hydrogen (secondary N) is 1. The van der Waals surface area contributed by atoms with Gasteiger partial charge in [0.15, 0.2) is 0 Å². The molecule has 0 fully saturated rings. The second-order valence-corrected chi connectivity index (χ2v) is 4.36. The SMILES string of the molecule is NC(=O)c1cccc(CNc2cccc(C(N)=O)c2)c1. The molecule has 2 amide bonds. The summed E-state index contributed by atoms with van der Waals surface area (Å²) in [5, 5.41) is 3.16. The first kappa shape index (κ1) is 13.6. The van der Waals surface area contributed by atoms with Gasteiger partial charge in [0, 0.05) is 23.4 Å². The normalized spacial score (nSPS) is 10.0. The molecule has 5 nitrogen and oxygen atoms in total. The molecule has 20 heavy (non-hydrogen) atoms. The fourth-order valence-corrected chi connectivity index (χ4v) is 1.82. The molecule has 0 heterocycles. The highest BCUT2D eigenvalue weighted by molar-refractivity contribution is 5.94. The Bertz CT molecular complexity index is 596. The zero-order valence-corrected chi connectivity index (χ0v) is 10.8. The highest BCUT2D eigenvalue weighted by atomic mass is 16.1. The lowest BCUT2D eigenvalue weighted by Gasteiger charge is -2.08. The van der Waals surface area contributed by atoms with Crippen molar-refractivity contribution in [3.8, 4) is 0 Å². The van der Waals surface area contributed by atoms with E-state index in [9.17, 15) is 9.59 Å². The van der Waals surface area contributed by atoms with Gasteiger partial charge in [0.05, 0.1) is 0 Å². The number of primary amides is 2. The Morgan fingerprint density at radius 2 is 1.50 bits per heavy atom. The van der Waals surface area contributed by atoms with Gasteiger partial charge in [0.1, 0.15) is 0 Å². The topological polar surface area (TPSA) is 98.2 Å². The van der Waals surface area contributed by atoms with Gasteiger partial charge in [-0.15, -0.1) is 0 Å². The van der Waals surface area contributed by atoms with Crippen molar-refractivity contribution in [3.63, 3.8) is 0 Å². The summed E-state index contributed by atoms with van der Waals surface area (Å²) >= 11 is 0. The van der Waals surface area contributed by atoms with Crippen LogP contribution in [0.5, 0.6) is 0 Å². The quantitative estimate of drug-likeness (QED) is 0.767. The Hall–Kier alpha value is -2.82. The Labute approximate surface area is 116 Å². The maximum absolute atomic E-state index is 11.1. The second kappa shape index (κ2) is 5.88. The number of amides is 2. The number of carbonyl (C=O) groups is 2. The van der Waals surface area contributed by atoms with E-state index in [1.165, 1.54) is 0 Å². The molecule has 0 saturated heterocycles. The van der Waals surface area contributed by atoms with Crippen LogP contribution in [0.2, 0.25) is 0 Å². The van der Waals surface area contributed by atoms with E-state index >= 15 is 0 Å². The summed E-state index contributed by atoms with van der Waals surface area (Å²) in [7, 11) is 0. The van der Waals surface area contributed by atoms with E-state index in [1.807, 2.05) is 12.1 Å². The Kier molecular flexibility index (Phi) is 4.00. The lowest BCUT2D eigenvalue weighted by molar-refractivity contribution is 0.0992. The molecule has 0 spiro atoms. The average molecular weight is 269 g/mol. The van der Waals surface area contributed by atoms with Crippen LogP contribution >= 0.6 is 0 Å². The van der Waals surface area contributed by atoms with Crippen molar-refractivity contribution in [2.75, 3.05) is 5.32 Å². The molecule has 2 aromatic rings. The van der Waals surface area contributed by atoms with Crippen molar-refractivity contribution in [1.82, 2.24) is 0 Å². The third-order valence-corrected chi connectivity index (χ3v) is 2.86. The summed E-state index contributed by atoms with van der Waals surface area (Å²) < 4.78 is 0. The van der Waals surface area contributed by atoms with Crippen LogP contribution in [-0.4, -0.2) is 11.8 Å². The zero-order valence-electron chi connectivity index (χ0n) is 10.8. The summed E-state index contributed by atoms with van der Waals surface area (Å²) in [5.74, 6) is -0.924. The predicted octanol–water partition coefficient (Wildman–Crippen LogP) is 1.50. The maximum Gasteiger partial charge on any atom is 0.248 e. The van der Waals surface area contributed by atoms with Gasteiger partial charge >= 0.3 is 0 Å². The molecule has 2 rings (SSSR count). The molecule has 0 aliphatic heterocycles. The van der Waals surface area contributed by atoms with Crippen LogP contribution in [0.1, 0.15) is 26.3 Å². The highest BCUT2D eigenvalue weighted by Crippen LogP contribution is 2.12. The predicted molar refractivity (Wildman–Crippen MR) is 77.2 cm³/mol. The van der Waals surface area contributed by atoms with Crippen LogP contribution in [0.25, 0.3) is 0 Å². The number of carbonyl (C=O) groups excluding carboxylic acids is 2. The molecule has 0 radical (unpaired) electrons. The Balaban J connectivity index is 2.08. The molecular weight excluding hydrogens is 254 g/mol. The molecule has 0 saturated carbocycles. The summed E-state index contributed by atoms with van der Waals surface area (Å²) in [4.78, 5) is 22.2. The van der Waals surface area contributed by atoms with Crippen LogP contribution in [-0.2, 0) is 6.54 Å². The third kappa shape index (κ3) is 3.35. The van der Waals surface area contributed by atoms with Crippen LogP contribution in [0.4, 0.5) is 5.69 Å². The molecule has 5 heteroatoms. The van der Waals surface area contributed by atoms with Crippen molar-refractivity contribution in [2.45, 2.75) is 6.54 Å². The van der Waals surface area contributed by atoms with E-state index in [4.69, 9.17) is 11.5 Å². The van der Waals surface area contributed by atoms with Crippen molar-refractivity contribution in [2.24, 2.45) is 11.5 Å². The average Bonchev–Trinajstić information content (AvgIpc) is 2.45. The highest BCUT2D eigenvalue weighted by Gasteiger charge is 2.03.